The summed E-state index contributed by atoms with van der Waals surface area (Å²) in [5.41, 5.74) is 1.29. The lowest BCUT2D eigenvalue weighted by Gasteiger charge is -2.37. The van der Waals surface area contributed by atoms with Crippen molar-refractivity contribution in [2.45, 2.75) is 0 Å². The molecule has 1 aromatic carbocycles. The molecule has 0 bridgehead atoms. The first-order valence-electron chi connectivity index (χ1n) is 6.56. The number of thiocarbonyl (C=S) groups is 2. The first-order chi connectivity index (χ1) is 9.58. The van der Waals surface area contributed by atoms with Crippen LogP contribution in [0.3, 0.4) is 0 Å². The summed E-state index contributed by atoms with van der Waals surface area (Å²) >= 11 is 12.3. The zero-order chi connectivity index (χ0) is 14.5. The Morgan fingerprint density at radius 3 is 2.20 bits per heavy atom. The molecule has 0 aliphatic carbocycles. The molecule has 0 spiro atoms. The van der Waals surface area contributed by atoms with Gasteiger partial charge in [-0.15, -0.1) is 0 Å². The van der Waals surface area contributed by atoms with Gasteiger partial charge in [0.1, 0.15) is 8.64 Å². The van der Waals surface area contributed by atoms with E-state index >= 15 is 0 Å². The first kappa shape index (κ1) is 15.5. The predicted molar refractivity (Wildman–Crippen MR) is 96.7 cm³/mol. The van der Waals surface area contributed by atoms with Crippen molar-refractivity contribution in [1.82, 2.24) is 9.80 Å². The Kier molecular flexibility index (Phi) is 5.63. The van der Waals surface area contributed by atoms with Crippen LogP contribution < -0.4 is 4.90 Å². The van der Waals surface area contributed by atoms with E-state index in [1.165, 1.54) is 17.4 Å². The first-order valence-corrected chi connectivity index (χ1v) is 8.19. The summed E-state index contributed by atoms with van der Waals surface area (Å²) in [6, 6.07) is 10.5. The zero-order valence-corrected chi connectivity index (χ0v) is 14.2. The van der Waals surface area contributed by atoms with Gasteiger partial charge in [0.2, 0.25) is 0 Å². The molecule has 0 unspecified atom stereocenters. The molecule has 0 aromatic heterocycles. The summed E-state index contributed by atoms with van der Waals surface area (Å²) in [5, 5.41) is 0. The van der Waals surface area contributed by atoms with Gasteiger partial charge in [-0.1, -0.05) is 42.6 Å². The van der Waals surface area contributed by atoms with Gasteiger partial charge in [0.05, 0.1) is 0 Å². The van der Waals surface area contributed by atoms with Crippen LogP contribution in [0.15, 0.2) is 30.3 Å². The van der Waals surface area contributed by atoms with Gasteiger partial charge in [0, 0.05) is 46.0 Å². The van der Waals surface area contributed by atoms with E-state index in [2.05, 4.69) is 34.1 Å². The Hall–Kier alpha value is -0.850. The van der Waals surface area contributed by atoms with E-state index in [1.807, 2.05) is 25.1 Å². The number of rotatable bonds is 1. The van der Waals surface area contributed by atoms with Gasteiger partial charge in [-0.05, 0) is 23.9 Å². The fourth-order valence-corrected chi connectivity index (χ4v) is 3.47. The molecule has 1 fully saturated rings. The average molecular weight is 326 g/mol. The van der Waals surface area contributed by atoms with Gasteiger partial charge in [0.15, 0.2) is 0 Å². The van der Waals surface area contributed by atoms with E-state index in [0.29, 0.717) is 0 Å². The monoisotopic (exact) mass is 325 g/mol. The summed E-state index contributed by atoms with van der Waals surface area (Å²) in [7, 11) is 3.90. The predicted octanol–water partition coefficient (Wildman–Crippen LogP) is 2.67. The van der Waals surface area contributed by atoms with Crippen LogP contribution in [-0.2, 0) is 0 Å². The third-order valence-electron chi connectivity index (χ3n) is 3.20. The molecule has 1 heterocycles. The second kappa shape index (κ2) is 7.24. The minimum Gasteiger partial charge on any atom is -0.368 e. The maximum atomic E-state index is 5.48. The summed E-state index contributed by atoms with van der Waals surface area (Å²) in [6.07, 6.45) is 0. The number of piperazine rings is 1. The second-order valence-electron chi connectivity index (χ2n) is 4.84. The van der Waals surface area contributed by atoms with Crippen LogP contribution in [0.1, 0.15) is 0 Å². The summed E-state index contributed by atoms with van der Waals surface area (Å²) in [4.78, 5) is 6.57. The number of nitrogens with zero attached hydrogens (tertiary/aromatic N) is 3. The molecule has 0 radical (unpaired) electrons. The zero-order valence-electron chi connectivity index (χ0n) is 11.8. The van der Waals surface area contributed by atoms with Gasteiger partial charge in [0.25, 0.3) is 0 Å². The number of benzene rings is 1. The topological polar surface area (TPSA) is 9.72 Å². The lowest BCUT2D eigenvalue weighted by Crippen LogP contribution is -2.48. The van der Waals surface area contributed by atoms with Crippen molar-refractivity contribution < 1.29 is 0 Å². The lowest BCUT2D eigenvalue weighted by atomic mass is 10.2. The standard InChI is InChI=1S/C14H19N3S3/c1-15(2)13(18)20-14(19)17-10-8-16(9-11-17)12-6-4-3-5-7-12/h3-7H,8-11H2,1-2H3. The maximum absolute atomic E-state index is 5.48. The van der Waals surface area contributed by atoms with Crippen LogP contribution in [-0.4, -0.2) is 58.7 Å². The highest BCUT2D eigenvalue weighted by Crippen LogP contribution is 2.19. The number of anilines is 1. The SMILES string of the molecule is CN(C)C(=S)SC(=S)N1CCN(c2ccccc2)CC1. The van der Waals surface area contributed by atoms with Crippen molar-refractivity contribution in [3.05, 3.63) is 30.3 Å². The molecular weight excluding hydrogens is 306 g/mol. The molecule has 3 nitrogen and oxygen atoms in total. The second-order valence-corrected chi connectivity index (χ2v) is 7.11. The summed E-state index contributed by atoms with van der Waals surface area (Å²) in [6.45, 7) is 3.91. The molecular formula is C14H19N3S3. The van der Waals surface area contributed by atoms with Crippen molar-refractivity contribution in [1.29, 1.82) is 0 Å². The van der Waals surface area contributed by atoms with Crippen LogP contribution in [0.25, 0.3) is 0 Å². The molecule has 108 valence electrons. The Bertz CT molecular complexity index is 468. The minimum absolute atomic E-state index is 0.820. The van der Waals surface area contributed by atoms with E-state index < -0.39 is 0 Å². The van der Waals surface area contributed by atoms with E-state index in [-0.39, 0.29) is 0 Å². The van der Waals surface area contributed by atoms with Crippen molar-refractivity contribution in [3.8, 4) is 0 Å². The molecule has 2 rings (SSSR count). The normalized spacial score (nSPS) is 15.1. The molecule has 6 heteroatoms. The Labute approximate surface area is 135 Å². The maximum Gasteiger partial charge on any atom is 0.143 e. The van der Waals surface area contributed by atoms with Gasteiger partial charge < -0.3 is 14.7 Å². The molecule has 1 aromatic rings. The van der Waals surface area contributed by atoms with Crippen molar-refractivity contribution in [3.63, 3.8) is 0 Å². The van der Waals surface area contributed by atoms with Gasteiger partial charge in [-0.3, -0.25) is 0 Å². The van der Waals surface area contributed by atoms with E-state index in [4.69, 9.17) is 24.4 Å². The highest BCUT2D eigenvalue weighted by atomic mass is 32.2. The lowest BCUT2D eigenvalue weighted by molar-refractivity contribution is 0.398. The minimum atomic E-state index is 0.820. The van der Waals surface area contributed by atoms with Crippen LogP contribution in [0.5, 0.6) is 0 Å². The van der Waals surface area contributed by atoms with E-state index in [9.17, 15) is 0 Å². The Morgan fingerprint density at radius 1 is 1.05 bits per heavy atom. The molecule has 20 heavy (non-hydrogen) atoms. The van der Waals surface area contributed by atoms with Crippen molar-refractivity contribution in [2.24, 2.45) is 0 Å². The average Bonchev–Trinajstić information content (AvgIpc) is 2.48. The van der Waals surface area contributed by atoms with Crippen LogP contribution >= 0.6 is 36.2 Å². The molecule has 1 aliphatic heterocycles. The van der Waals surface area contributed by atoms with Gasteiger partial charge >= 0.3 is 0 Å². The quantitative estimate of drug-likeness (QED) is 0.729. The number of para-hydroxylation sites is 1. The molecule has 1 saturated heterocycles. The molecule has 0 N–H and O–H groups in total. The number of hydrogen-bond acceptors (Lipinski definition) is 4. The van der Waals surface area contributed by atoms with E-state index in [0.717, 1.165) is 34.8 Å². The number of thioether (sulfide) groups is 1. The Morgan fingerprint density at radius 2 is 1.65 bits per heavy atom. The third kappa shape index (κ3) is 4.07. The third-order valence-corrected chi connectivity index (χ3v) is 5.29. The highest BCUT2D eigenvalue weighted by Gasteiger charge is 2.20. The smallest absolute Gasteiger partial charge is 0.143 e. The van der Waals surface area contributed by atoms with Gasteiger partial charge in [-0.25, -0.2) is 0 Å². The van der Waals surface area contributed by atoms with Crippen molar-refractivity contribution in [2.75, 3.05) is 45.2 Å². The summed E-state index contributed by atoms with van der Waals surface area (Å²) in [5.74, 6) is 0. The highest BCUT2D eigenvalue weighted by molar-refractivity contribution is 8.37. The summed E-state index contributed by atoms with van der Waals surface area (Å²) < 4.78 is 1.71. The molecule has 0 atom stereocenters. The van der Waals surface area contributed by atoms with Crippen LogP contribution in [0.4, 0.5) is 5.69 Å². The molecule has 0 saturated carbocycles. The molecule has 0 amide bonds. The largest absolute Gasteiger partial charge is 0.368 e. The van der Waals surface area contributed by atoms with E-state index in [1.54, 1.807) is 0 Å². The van der Waals surface area contributed by atoms with Gasteiger partial charge in [-0.2, -0.15) is 0 Å². The fraction of sp³-hybridized carbons (Fsp3) is 0.429. The fourth-order valence-electron chi connectivity index (χ4n) is 2.02. The Balaban J connectivity index is 1.85. The number of hydrogen-bond donors (Lipinski definition) is 0. The van der Waals surface area contributed by atoms with Crippen molar-refractivity contribution >= 4 is 50.5 Å². The van der Waals surface area contributed by atoms with Crippen LogP contribution in [0.2, 0.25) is 0 Å². The molecule has 1 aliphatic rings. The van der Waals surface area contributed by atoms with Crippen LogP contribution in [0, 0.1) is 0 Å².